The molecule has 2 aromatic carbocycles. The van der Waals surface area contributed by atoms with Crippen LogP contribution in [0.1, 0.15) is 182 Å². The molecule has 0 saturated heterocycles. The fraction of sp³-hybridized carbons (Fsp3) is 0.588. The van der Waals surface area contributed by atoms with Crippen LogP contribution in [0.4, 0.5) is 0 Å². The van der Waals surface area contributed by atoms with E-state index >= 15 is 0 Å². The van der Waals surface area contributed by atoms with Gasteiger partial charge in [-0.25, -0.2) is 0 Å². The van der Waals surface area contributed by atoms with Gasteiger partial charge in [-0.3, -0.25) is 0 Å². The highest BCUT2D eigenvalue weighted by molar-refractivity contribution is 6.92. The lowest BCUT2D eigenvalue weighted by Gasteiger charge is -2.37. The van der Waals surface area contributed by atoms with Crippen LogP contribution in [0.5, 0.6) is 0 Å². The van der Waals surface area contributed by atoms with Crippen molar-refractivity contribution in [2.45, 2.75) is 218 Å². The van der Waals surface area contributed by atoms with Crippen molar-refractivity contribution in [2.75, 3.05) is 52.9 Å². The van der Waals surface area contributed by atoms with Crippen molar-refractivity contribution in [3.63, 3.8) is 0 Å². The van der Waals surface area contributed by atoms with Gasteiger partial charge in [-0.2, -0.15) is 0 Å². The Morgan fingerprint density at radius 3 is 0.762 bits per heavy atom. The van der Waals surface area contributed by atoms with E-state index in [9.17, 15) is 0 Å². The van der Waals surface area contributed by atoms with Crippen LogP contribution in [-0.4, -0.2) is 87.1 Å². The molecule has 0 aromatic heterocycles. The van der Waals surface area contributed by atoms with Crippen LogP contribution >= 0.6 is 0 Å². The molecule has 0 N–H and O–H groups in total. The van der Waals surface area contributed by atoms with Gasteiger partial charge in [-0.1, -0.05) is 225 Å². The van der Waals surface area contributed by atoms with Crippen molar-refractivity contribution in [1.29, 1.82) is 0 Å². The second-order valence-electron chi connectivity index (χ2n) is 22.1. The van der Waals surface area contributed by atoms with Crippen LogP contribution in [-0.2, 0) is 35.4 Å². The Kier molecular flexibility index (Phi) is 54.4. The molecule has 0 aliphatic heterocycles. The first-order chi connectivity index (χ1) is 35.6. The monoisotopic (exact) mass is 1180 g/mol. The highest BCUT2D eigenvalue weighted by Crippen LogP contribution is 2.34. The summed E-state index contributed by atoms with van der Waals surface area (Å²) in [7, 11) is -8.84. The Hall–Kier alpha value is -3.09. The Morgan fingerprint density at radius 2 is 0.550 bits per heavy atom. The molecule has 0 bridgehead atoms. The average molecular weight is 1190 g/mol. The van der Waals surface area contributed by atoms with Gasteiger partial charge in [0.15, 0.2) is 0 Å². The van der Waals surface area contributed by atoms with E-state index in [-0.39, 0.29) is 29.7 Å². The summed E-state index contributed by atoms with van der Waals surface area (Å²) in [6.45, 7) is 55.9. The first kappa shape index (κ1) is 88.1. The largest absolute Gasteiger partial charge is 0.407 e. The van der Waals surface area contributed by atoms with E-state index in [1.165, 1.54) is 44.6 Å². The van der Waals surface area contributed by atoms with E-state index in [0.29, 0.717) is 63.9 Å². The van der Waals surface area contributed by atoms with Crippen molar-refractivity contribution < 1.29 is 35.4 Å². The molecule has 0 saturated carbocycles. The fourth-order valence-electron chi connectivity index (χ4n) is 6.84. The van der Waals surface area contributed by atoms with Crippen molar-refractivity contribution in [3.8, 4) is 0 Å². The molecule has 0 spiro atoms. The zero-order chi connectivity index (χ0) is 58.4. The predicted octanol–water partition coefficient (Wildman–Crippen LogP) is 20.1. The van der Waals surface area contributed by atoms with Gasteiger partial charge in [0.25, 0.3) is 0 Å². The summed E-state index contributed by atoms with van der Waals surface area (Å²) in [5.41, 5.74) is 11.1. The van der Waals surface area contributed by atoms with Crippen LogP contribution in [0.3, 0.4) is 0 Å². The highest BCUT2D eigenvalue weighted by Gasteiger charge is 2.45. The van der Waals surface area contributed by atoms with Crippen LogP contribution in [0, 0.1) is 0 Å². The third-order valence-corrected chi connectivity index (χ3v) is 24.7. The fourth-order valence-corrected chi connectivity index (χ4v) is 16.5. The van der Waals surface area contributed by atoms with E-state index in [2.05, 4.69) is 263 Å². The lowest BCUT2D eigenvalue weighted by molar-refractivity contribution is 0.183. The number of allylic oxidation sites excluding steroid dienone is 8. The summed E-state index contributed by atoms with van der Waals surface area (Å²) in [5, 5.41) is 2.26. The van der Waals surface area contributed by atoms with Crippen molar-refractivity contribution in [3.05, 3.63) is 154 Å². The summed E-state index contributed by atoms with van der Waals surface area (Å²) in [6, 6.07) is 22.7. The third-order valence-electron chi connectivity index (χ3n) is 11.7. The van der Waals surface area contributed by atoms with Gasteiger partial charge in [0.2, 0.25) is 0 Å². The molecular weight excluding hydrogens is 1060 g/mol. The minimum absolute atomic E-state index is 0. The van der Waals surface area contributed by atoms with Gasteiger partial charge >= 0.3 is 34.2 Å². The predicted molar refractivity (Wildman–Crippen MR) is 368 cm³/mol. The zero-order valence-electron chi connectivity index (χ0n) is 52.9. The Balaban J connectivity index is -0.000000229. The maximum Gasteiger partial charge on any atom is 0.407 e. The third kappa shape index (κ3) is 41.8. The summed E-state index contributed by atoms with van der Waals surface area (Å²) >= 11 is 0. The zero-order valence-corrected chi connectivity index (χ0v) is 56.9. The molecule has 12 heteroatoms. The van der Waals surface area contributed by atoms with Gasteiger partial charge in [0.05, 0.1) is 52.9 Å². The Morgan fingerprint density at radius 1 is 0.338 bits per heavy atom. The molecule has 0 amide bonds. The molecule has 0 aliphatic rings. The smallest absolute Gasteiger partial charge is 0.391 e. The standard InChI is InChI=1S/C22H28O2Si.C16H32O2Si.C14H28O2Si.C12H24O2Si.4CH4/c1-19(2)15-17-23-25(24-18-16-20(3)4,21-11-7-5-8-12-21)22-13-9-6-10-14-22;1-13(2)9-11-17-19(15(5)6,16(7)8)18-12-10-14(3)4;1-7-17(8-2,15-11-9-13(3)4)16-12-10-14(5)6;1-11(2)7-9-13-15(5,6)14-10-8-12(3)4;;;;/h5-16H,17-18H2,1-4H3;9-10,15-16H,11-12H2,1-8H3;9-10H,7-8,11-12H2,1-6H3;7-8H,9-10H2,1-6H3;4*1H4. The summed E-state index contributed by atoms with van der Waals surface area (Å²) in [4.78, 5) is 0. The quantitative estimate of drug-likeness (QED) is 0.0566. The molecule has 0 unspecified atom stereocenters. The van der Waals surface area contributed by atoms with Crippen molar-refractivity contribution in [2.24, 2.45) is 0 Å². The molecule has 2 aromatic rings. The van der Waals surface area contributed by atoms with Crippen LogP contribution < -0.4 is 10.4 Å². The number of rotatable bonds is 30. The van der Waals surface area contributed by atoms with Gasteiger partial charge in [0, 0.05) is 0 Å². The number of hydrogen-bond donors (Lipinski definition) is 0. The first-order valence-electron chi connectivity index (χ1n) is 27.8. The number of benzene rings is 2. The Bertz CT molecular complexity index is 1920. The van der Waals surface area contributed by atoms with Crippen LogP contribution in [0.2, 0.25) is 36.3 Å². The lowest BCUT2D eigenvalue weighted by atomic mass is 10.3. The second kappa shape index (κ2) is 49.3. The number of hydrogen-bond acceptors (Lipinski definition) is 8. The maximum atomic E-state index is 6.51. The SMILES string of the molecule is C.C.C.C.CC(C)=CCO[Si](C)(C)OCC=C(C)C.CC(C)=CCO[Si](OCC=C(C)C)(C(C)C)C(C)C.CC(C)=CCO[Si](OCC=C(C)C)(c1ccccc1)c1ccccc1.CC[Si](CC)(OCC=C(C)C)OCC=C(C)C. The van der Waals surface area contributed by atoms with Gasteiger partial charge < -0.3 is 35.4 Å². The normalized spacial score (nSPS) is 10.7. The van der Waals surface area contributed by atoms with Crippen LogP contribution in [0.25, 0.3) is 0 Å². The second-order valence-corrected chi connectivity index (χ2v) is 36.6. The van der Waals surface area contributed by atoms with E-state index in [4.69, 9.17) is 35.4 Å². The van der Waals surface area contributed by atoms with E-state index in [1.54, 1.807) is 0 Å². The first-order valence-corrected chi connectivity index (χ1v) is 36.7. The topological polar surface area (TPSA) is 73.8 Å². The molecule has 0 aliphatic carbocycles. The Labute approximate surface area is 502 Å². The summed E-state index contributed by atoms with van der Waals surface area (Å²) in [6.07, 6.45) is 16.9. The van der Waals surface area contributed by atoms with E-state index in [1.807, 2.05) is 12.1 Å². The summed E-state index contributed by atoms with van der Waals surface area (Å²) < 4.78 is 49.1. The molecule has 0 radical (unpaired) electrons. The molecule has 0 atom stereocenters. The minimum Gasteiger partial charge on any atom is -0.391 e. The molecule has 464 valence electrons. The van der Waals surface area contributed by atoms with Gasteiger partial charge in [0.1, 0.15) is 0 Å². The van der Waals surface area contributed by atoms with Crippen LogP contribution in [0.15, 0.2) is 154 Å². The lowest BCUT2D eigenvalue weighted by Crippen LogP contribution is -2.63. The highest BCUT2D eigenvalue weighted by atomic mass is 28.4. The molecule has 80 heavy (non-hydrogen) atoms. The average Bonchev–Trinajstić information content (AvgIpc) is 3.32. The molecule has 0 fully saturated rings. The molecule has 0 heterocycles. The maximum absolute atomic E-state index is 6.51. The van der Waals surface area contributed by atoms with Crippen molar-refractivity contribution in [1.82, 2.24) is 0 Å². The molecule has 8 nitrogen and oxygen atoms in total. The van der Waals surface area contributed by atoms with Gasteiger partial charge in [-0.15, -0.1) is 0 Å². The minimum atomic E-state index is -2.77. The van der Waals surface area contributed by atoms with Crippen molar-refractivity contribution >= 4 is 44.6 Å². The molecule has 2 rings (SSSR count). The van der Waals surface area contributed by atoms with Gasteiger partial charge in [-0.05, 0) is 157 Å². The summed E-state index contributed by atoms with van der Waals surface area (Å²) in [5.74, 6) is 0. The van der Waals surface area contributed by atoms with E-state index < -0.39 is 34.2 Å². The molecular formula is C68H128O8Si4. The van der Waals surface area contributed by atoms with E-state index in [0.717, 1.165) is 22.5 Å².